The fourth-order valence-electron chi connectivity index (χ4n) is 1.88. The molecule has 0 radical (unpaired) electrons. The highest BCUT2D eigenvalue weighted by Gasteiger charge is 2.13. The molecule has 2 aromatic rings. The van der Waals surface area contributed by atoms with Crippen LogP contribution in [0.15, 0.2) is 36.4 Å². The van der Waals surface area contributed by atoms with Crippen LogP contribution in [0, 0.1) is 17.0 Å². The van der Waals surface area contributed by atoms with Crippen LogP contribution in [0.3, 0.4) is 0 Å². The molecule has 1 aromatic heterocycles. The fraction of sp³-hybridized carbons (Fsp3) is 0.214. The lowest BCUT2D eigenvalue weighted by Gasteiger charge is -2.15. The van der Waals surface area contributed by atoms with Gasteiger partial charge in [-0.2, -0.15) is 0 Å². The molecule has 0 saturated heterocycles. The molecule has 0 spiro atoms. The molecule has 6 heteroatoms. The van der Waals surface area contributed by atoms with Crippen molar-refractivity contribution in [3.8, 4) is 0 Å². The summed E-state index contributed by atoms with van der Waals surface area (Å²) in [5.41, 5.74) is 1.48. The van der Waals surface area contributed by atoms with Crippen LogP contribution in [-0.4, -0.2) is 9.91 Å². The van der Waals surface area contributed by atoms with Gasteiger partial charge in [0.1, 0.15) is 11.5 Å². The number of anilines is 1. The molecule has 0 bridgehead atoms. The van der Waals surface area contributed by atoms with E-state index in [1.165, 1.54) is 6.07 Å². The van der Waals surface area contributed by atoms with Gasteiger partial charge in [-0.25, -0.2) is 4.98 Å². The van der Waals surface area contributed by atoms with E-state index in [0.717, 1.165) is 5.56 Å². The van der Waals surface area contributed by atoms with Gasteiger partial charge in [-0.05, 0) is 37.6 Å². The van der Waals surface area contributed by atoms with Gasteiger partial charge < -0.3 is 5.32 Å². The van der Waals surface area contributed by atoms with Crippen LogP contribution in [0.2, 0.25) is 5.02 Å². The van der Waals surface area contributed by atoms with Gasteiger partial charge in [-0.1, -0.05) is 23.7 Å². The zero-order chi connectivity index (χ0) is 14.7. The van der Waals surface area contributed by atoms with Crippen LogP contribution in [0.25, 0.3) is 0 Å². The summed E-state index contributed by atoms with van der Waals surface area (Å²) in [4.78, 5) is 14.5. The Morgan fingerprint density at radius 2 is 1.90 bits per heavy atom. The molecule has 1 unspecified atom stereocenters. The van der Waals surface area contributed by atoms with Crippen molar-refractivity contribution in [2.24, 2.45) is 0 Å². The van der Waals surface area contributed by atoms with E-state index in [2.05, 4.69) is 10.3 Å². The molecule has 104 valence electrons. The lowest BCUT2D eigenvalue weighted by molar-refractivity contribution is -0.385. The van der Waals surface area contributed by atoms with Gasteiger partial charge in [-0.15, -0.1) is 0 Å². The van der Waals surface area contributed by atoms with Crippen molar-refractivity contribution in [1.82, 2.24) is 4.98 Å². The van der Waals surface area contributed by atoms with Crippen molar-refractivity contribution in [1.29, 1.82) is 0 Å². The van der Waals surface area contributed by atoms with E-state index < -0.39 is 4.92 Å². The van der Waals surface area contributed by atoms with E-state index in [1.54, 1.807) is 13.0 Å². The van der Waals surface area contributed by atoms with Crippen molar-refractivity contribution in [3.05, 3.63) is 62.8 Å². The van der Waals surface area contributed by atoms with Gasteiger partial charge in [0, 0.05) is 17.1 Å². The third-order valence-electron chi connectivity index (χ3n) is 2.99. The lowest BCUT2D eigenvalue weighted by atomic mass is 10.1. The van der Waals surface area contributed by atoms with E-state index >= 15 is 0 Å². The molecule has 0 saturated carbocycles. The molecule has 1 atom stereocenters. The van der Waals surface area contributed by atoms with Crippen LogP contribution < -0.4 is 5.32 Å². The Hall–Kier alpha value is -2.14. The summed E-state index contributed by atoms with van der Waals surface area (Å²) in [5, 5.41) is 14.6. The number of pyridine rings is 1. The van der Waals surface area contributed by atoms with Crippen molar-refractivity contribution in [2.75, 3.05) is 5.32 Å². The number of halogens is 1. The second-order valence-corrected chi connectivity index (χ2v) is 4.91. The monoisotopic (exact) mass is 291 g/mol. The first-order valence-electron chi connectivity index (χ1n) is 6.11. The topological polar surface area (TPSA) is 68.1 Å². The number of nitrogens with zero attached hydrogens (tertiary/aromatic N) is 2. The highest BCUT2D eigenvalue weighted by Crippen LogP contribution is 2.22. The van der Waals surface area contributed by atoms with E-state index in [9.17, 15) is 10.1 Å². The molecule has 20 heavy (non-hydrogen) atoms. The molecule has 0 amide bonds. The molecule has 0 aliphatic rings. The third-order valence-corrected chi connectivity index (χ3v) is 3.24. The van der Waals surface area contributed by atoms with E-state index in [1.807, 2.05) is 31.2 Å². The molecule has 1 heterocycles. The van der Waals surface area contributed by atoms with Gasteiger partial charge in [-0.3, -0.25) is 10.1 Å². The number of rotatable bonds is 4. The summed E-state index contributed by atoms with van der Waals surface area (Å²) < 4.78 is 0. The molecule has 2 rings (SSSR count). The van der Waals surface area contributed by atoms with E-state index in [0.29, 0.717) is 16.5 Å². The summed E-state index contributed by atoms with van der Waals surface area (Å²) in [6.45, 7) is 3.61. The number of nitrogens with one attached hydrogen (secondary N) is 1. The van der Waals surface area contributed by atoms with Gasteiger partial charge in [0.25, 0.3) is 5.69 Å². The van der Waals surface area contributed by atoms with Gasteiger partial charge in [0.2, 0.25) is 0 Å². The molecule has 0 aliphatic carbocycles. The number of aryl methyl sites for hydroxylation is 1. The number of aromatic nitrogens is 1. The number of nitro groups is 1. The number of hydrogen-bond acceptors (Lipinski definition) is 4. The van der Waals surface area contributed by atoms with Crippen molar-refractivity contribution in [3.63, 3.8) is 0 Å². The predicted octanol–water partition coefficient (Wildman–Crippen LogP) is 4.12. The minimum Gasteiger partial charge on any atom is -0.364 e. The first kappa shape index (κ1) is 14.3. The first-order valence-corrected chi connectivity index (χ1v) is 6.49. The standard InChI is InChI=1S/C14H14ClN3O2/c1-9(11-3-5-12(15)6-4-11)16-14-8-7-13(18(19)20)10(2)17-14/h3-9H,1-2H3,(H,16,17). The Balaban J connectivity index is 2.15. The predicted molar refractivity (Wildman–Crippen MR) is 79.1 cm³/mol. The maximum absolute atomic E-state index is 10.7. The SMILES string of the molecule is Cc1nc(NC(C)c2ccc(Cl)cc2)ccc1[N+](=O)[O-]. The smallest absolute Gasteiger partial charge is 0.290 e. The minimum atomic E-state index is -0.436. The highest BCUT2D eigenvalue weighted by atomic mass is 35.5. The Morgan fingerprint density at radius 1 is 1.25 bits per heavy atom. The molecule has 0 fully saturated rings. The lowest BCUT2D eigenvalue weighted by Crippen LogP contribution is -2.08. The van der Waals surface area contributed by atoms with Crippen LogP contribution in [0.5, 0.6) is 0 Å². The van der Waals surface area contributed by atoms with Gasteiger partial charge in [0.05, 0.1) is 4.92 Å². The van der Waals surface area contributed by atoms with Gasteiger partial charge in [0.15, 0.2) is 0 Å². The molecule has 0 aliphatic heterocycles. The number of hydrogen-bond donors (Lipinski definition) is 1. The summed E-state index contributed by atoms with van der Waals surface area (Å²) in [7, 11) is 0. The largest absolute Gasteiger partial charge is 0.364 e. The van der Waals surface area contributed by atoms with E-state index in [-0.39, 0.29) is 11.7 Å². The third kappa shape index (κ3) is 3.24. The van der Waals surface area contributed by atoms with Crippen molar-refractivity contribution >= 4 is 23.1 Å². The molecule has 5 nitrogen and oxygen atoms in total. The molecular formula is C14H14ClN3O2. The Kier molecular flexibility index (Phi) is 4.20. The fourth-order valence-corrected chi connectivity index (χ4v) is 2.01. The van der Waals surface area contributed by atoms with Crippen LogP contribution in [0.1, 0.15) is 24.2 Å². The Bertz CT molecular complexity index is 629. The van der Waals surface area contributed by atoms with Crippen LogP contribution >= 0.6 is 11.6 Å². The maximum atomic E-state index is 10.7. The first-order chi connectivity index (χ1) is 9.47. The summed E-state index contributed by atoms with van der Waals surface area (Å²) >= 11 is 5.85. The number of benzene rings is 1. The average Bonchev–Trinajstić information content (AvgIpc) is 2.39. The summed E-state index contributed by atoms with van der Waals surface area (Å²) in [6.07, 6.45) is 0. The van der Waals surface area contributed by atoms with Gasteiger partial charge >= 0.3 is 0 Å². The van der Waals surface area contributed by atoms with Crippen LogP contribution in [0.4, 0.5) is 11.5 Å². The quantitative estimate of drug-likeness (QED) is 0.679. The second-order valence-electron chi connectivity index (χ2n) is 4.48. The summed E-state index contributed by atoms with van der Waals surface area (Å²) in [6, 6.07) is 10.6. The molecular weight excluding hydrogens is 278 g/mol. The van der Waals surface area contributed by atoms with Crippen molar-refractivity contribution in [2.45, 2.75) is 19.9 Å². The molecule has 1 N–H and O–H groups in total. The summed E-state index contributed by atoms with van der Waals surface area (Å²) in [5.74, 6) is 0.607. The zero-order valence-corrected chi connectivity index (χ0v) is 11.9. The zero-order valence-electron chi connectivity index (χ0n) is 11.1. The van der Waals surface area contributed by atoms with Crippen molar-refractivity contribution < 1.29 is 4.92 Å². The van der Waals surface area contributed by atoms with E-state index in [4.69, 9.17) is 11.6 Å². The minimum absolute atomic E-state index is 0.0229. The maximum Gasteiger partial charge on any atom is 0.290 e. The van der Waals surface area contributed by atoms with Crippen LogP contribution in [-0.2, 0) is 0 Å². The highest BCUT2D eigenvalue weighted by molar-refractivity contribution is 6.30. The second kappa shape index (κ2) is 5.88. The Labute approximate surface area is 121 Å². The average molecular weight is 292 g/mol. The molecule has 1 aromatic carbocycles. The normalized spacial score (nSPS) is 11.9. The Morgan fingerprint density at radius 3 is 2.45 bits per heavy atom.